The highest BCUT2D eigenvalue weighted by Crippen LogP contribution is 2.41. The standard InChI is InChI=1S/C24H34F2/c1-3-5-6-8-17-9-12-19(13-10-17)23-22(25)16-20-15-18(7-4-2)11-14-21(20)24(23)26/h11,16-17,19H,3-10,12-15H2,1-2H3. The van der Waals surface area contributed by atoms with Crippen LogP contribution in [0.4, 0.5) is 8.78 Å². The molecule has 1 fully saturated rings. The van der Waals surface area contributed by atoms with Gasteiger partial charge in [0.1, 0.15) is 11.6 Å². The van der Waals surface area contributed by atoms with E-state index in [1.165, 1.54) is 31.3 Å². The molecular weight excluding hydrogens is 326 g/mol. The quantitative estimate of drug-likeness (QED) is 0.346. The van der Waals surface area contributed by atoms with Crippen molar-refractivity contribution in [1.29, 1.82) is 0 Å². The maximum atomic E-state index is 15.2. The molecule has 1 aromatic rings. The number of fused-ring (bicyclic) bond motifs is 1. The number of benzene rings is 1. The van der Waals surface area contributed by atoms with Crippen LogP contribution in [0.1, 0.15) is 101 Å². The summed E-state index contributed by atoms with van der Waals surface area (Å²) in [6, 6.07) is 1.64. The van der Waals surface area contributed by atoms with Gasteiger partial charge in [0.15, 0.2) is 0 Å². The van der Waals surface area contributed by atoms with E-state index >= 15 is 4.39 Å². The van der Waals surface area contributed by atoms with Crippen LogP contribution in [0.3, 0.4) is 0 Å². The molecule has 0 radical (unpaired) electrons. The van der Waals surface area contributed by atoms with E-state index in [2.05, 4.69) is 19.9 Å². The van der Waals surface area contributed by atoms with Crippen LogP contribution in [-0.4, -0.2) is 0 Å². The third-order valence-corrected chi connectivity index (χ3v) is 6.50. The summed E-state index contributed by atoms with van der Waals surface area (Å²) in [6.45, 7) is 4.39. The molecule has 0 nitrogen and oxygen atoms in total. The zero-order valence-electron chi connectivity index (χ0n) is 16.6. The molecule has 144 valence electrons. The molecule has 0 heterocycles. The number of hydrogen-bond donors (Lipinski definition) is 0. The molecule has 0 aliphatic heterocycles. The summed E-state index contributed by atoms with van der Waals surface area (Å²) < 4.78 is 30.0. The molecule has 2 aliphatic carbocycles. The molecule has 0 atom stereocenters. The highest BCUT2D eigenvalue weighted by Gasteiger charge is 2.29. The highest BCUT2D eigenvalue weighted by atomic mass is 19.1. The van der Waals surface area contributed by atoms with Crippen molar-refractivity contribution in [2.24, 2.45) is 5.92 Å². The molecule has 2 aliphatic rings. The fourth-order valence-corrected chi connectivity index (χ4v) is 4.98. The second kappa shape index (κ2) is 9.15. The Bertz CT molecular complexity index is 636. The van der Waals surface area contributed by atoms with Gasteiger partial charge in [-0.3, -0.25) is 0 Å². The van der Waals surface area contributed by atoms with Crippen molar-refractivity contribution in [3.63, 3.8) is 0 Å². The summed E-state index contributed by atoms with van der Waals surface area (Å²) in [6.07, 6.45) is 15.0. The summed E-state index contributed by atoms with van der Waals surface area (Å²) in [5.74, 6) is 0.305. The number of unbranched alkanes of at least 4 members (excludes halogenated alkanes) is 2. The average Bonchev–Trinajstić information content (AvgIpc) is 2.63. The Hall–Kier alpha value is -1.18. The lowest BCUT2D eigenvalue weighted by Crippen LogP contribution is -2.18. The van der Waals surface area contributed by atoms with Crippen molar-refractivity contribution in [1.82, 2.24) is 0 Å². The zero-order valence-corrected chi connectivity index (χ0v) is 16.6. The first-order chi connectivity index (χ1) is 12.6. The van der Waals surface area contributed by atoms with Crippen LogP contribution in [-0.2, 0) is 12.8 Å². The summed E-state index contributed by atoms with van der Waals surface area (Å²) in [5.41, 5.74) is 3.36. The Balaban J connectivity index is 1.69. The van der Waals surface area contributed by atoms with Gasteiger partial charge in [-0.05, 0) is 74.0 Å². The zero-order chi connectivity index (χ0) is 18.5. The Kier molecular flexibility index (Phi) is 6.89. The fraction of sp³-hybridized carbons (Fsp3) is 0.667. The van der Waals surface area contributed by atoms with E-state index in [0.717, 1.165) is 62.0 Å². The molecule has 26 heavy (non-hydrogen) atoms. The lowest BCUT2D eigenvalue weighted by molar-refractivity contribution is 0.294. The Labute approximate surface area is 158 Å². The van der Waals surface area contributed by atoms with Gasteiger partial charge < -0.3 is 0 Å². The third kappa shape index (κ3) is 4.38. The first-order valence-corrected chi connectivity index (χ1v) is 10.8. The molecule has 0 amide bonds. The lowest BCUT2D eigenvalue weighted by atomic mass is 9.75. The second-order valence-corrected chi connectivity index (χ2v) is 8.43. The minimum absolute atomic E-state index is 0.0729. The minimum atomic E-state index is -0.298. The van der Waals surface area contributed by atoms with Gasteiger partial charge in [-0.1, -0.05) is 57.6 Å². The smallest absolute Gasteiger partial charge is 0.133 e. The van der Waals surface area contributed by atoms with Crippen LogP contribution in [0, 0.1) is 17.6 Å². The molecule has 1 saturated carbocycles. The second-order valence-electron chi connectivity index (χ2n) is 8.43. The molecule has 0 bridgehead atoms. The van der Waals surface area contributed by atoms with Gasteiger partial charge in [0.25, 0.3) is 0 Å². The Morgan fingerprint density at radius 1 is 1.00 bits per heavy atom. The summed E-state index contributed by atoms with van der Waals surface area (Å²) in [7, 11) is 0. The van der Waals surface area contributed by atoms with E-state index in [4.69, 9.17) is 0 Å². The first-order valence-electron chi connectivity index (χ1n) is 10.8. The van der Waals surface area contributed by atoms with Crippen LogP contribution in [0.2, 0.25) is 0 Å². The molecule has 0 unspecified atom stereocenters. The molecule has 0 N–H and O–H groups in total. The number of allylic oxidation sites excluding steroid dienone is 2. The number of hydrogen-bond acceptors (Lipinski definition) is 0. The topological polar surface area (TPSA) is 0 Å². The van der Waals surface area contributed by atoms with E-state index < -0.39 is 0 Å². The molecule has 2 heteroatoms. The summed E-state index contributed by atoms with van der Waals surface area (Å²) >= 11 is 0. The molecule has 3 rings (SSSR count). The monoisotopic (exact) mass is 360 g/mol. The van der Waals surface area contributed by atoms with Gasteiger partial charge >= 0.3 is 0 Å². The van der Waals surface area contributed by atoms with E-state index in [0.29, 0.717) is 12.0 Å². The fourth-order valence-electron chi connectivity index (χ4n) is 4.98. The van der Waals surface area contributed by atoms with Crippen LogP contribution in [0.15, 0.2) is 17.7 Å². The predicted octanol–water partition coefficient (Wildman–Crippen LogP) is 7.64. The van der Waals surface area contributed by atoms with Crippen molar-refractivity contribution in [3.8, 4) is 0 Å². The van der Waals surface area contributed by atoms with Crippen LogP contribution in [0.25, 0.3) is 0 Å². The maximum absolute atomic E-state index is 15.2. The van der Waals surface area contributed by atoms with E-state index in [1.807, 2.05) is 0 Å². The number of halogens is 2. The van der Waals surface area contributed by atoms with Crippen LogP contribution >= 0.6 is 0 Å². The molecule has 0 aromatic heterocycles. The van der Waals surface area contributed by atoms with Crippen LogP contribution in [0.5, 0.6) is 0 Å². The van der Waals surface area contributed by atoms with Crippen molar-refractivity contribution in [2.45, 2.75) is 96.8 Å². The first kappa shape index (κ1) is 19.6. The molecule has 0 spiro atoms. The normalized spacial score (nSPS) is 22.8. The van der Waals surface area contributed by atoms with Crippen molar-refractivity contribution in [2.75, 3.05) is 0 Å². The average molecular weight is 361 g/mol. The summed E-state index contributed by atoms with van der Waals surface area (Å²) in [5, 5.41) is 0. The lowest BCUT2D eigenvalue weighted by Gasteiger charge is -2.30. The van der Waals surface area contributed by atoms with E-state index in [-0.39, 0.29) is 17.6 Å². The van der Waals surface area contributed by atoms with Gasteiger partial charge in [-0.2, -0.15) is 0 Å². The minimum Gasteiger partial charge on any atom is -0.207 e. The number of rotatable bonds is 7. The third-order valence-electron chi connectivity index (χ3n) is 6.50. The van der Waals surface area contributed by atoms with Gasteiger partial charge in [-0.25, -0.2) is 8.78 Å². The van der Waals surface area contributed by atoms with Gasteiger partial charge in [-0.15, -0.1) is 0 Å². The van der Waals surface area contributed by atoms with Crippen molar-refractivity contribution in [3.05, 3.63) is 46.0 Å². The Morgan fingerprint density at radius 3 is 2.46 bits per heavy atom. The van der Waals surface area contributed by atoms with Gasteiger partial charge in [0.05, 0.1) is 0 Å². The van der Waals surface area contributed by atoms with Crippen molar-refractivity contribution >= 4 is 0 Å². The highest BCUT2D eigenvalue weighted by molar-refractivity contribution is 5.43. The predicted molar refractivity (Wildman–Crippen MR) is 106 cm³/mol. The van der Waals surface area contributed by atoms with Crippen molar-refractivity contribution < 1.29 is 8.78 Å². The molecular formula is C24H34F2. The van der Waals surface area contributed by atoms with Gasteiger partial charge in [0.2, 0.25) is 0 Å². The van der Waals surface area contributed by atoms with E-state index in [9.17, 15) is 4.39 Å². The summed E-state index contributed by atoms with van der Waals surface area (Å²) in [4.78, 5) is 0. The Morgan fingerprint density at radius 2 is 1.77 bits per heavy atom. The molecule has 1 aromatic carbocycles. The van der Waals surface area contributed by atoms with Gasteiger partial charge in [0, 0.05) is 5.56 Å². The molecule has 0 saturated heterocycles. The maximum Gasteiger partial charge on any atom is 0.133 e. The largest absolute Gasteiger partial charge is 0.207 e. The van der Waals surface area contributed by atoms with E-state index in [1.54, 1.807) is 6.07 Å². The SMILES string of the molecule is CCCCCC1CCC(c2c(F)cc3c(c2F)CC=C(CCC)C3)CC1. The van der Waals surface area contributed by atoms with Crippen LogP contribution < -0.4 is 0 Å².